The second kappa shape index (κ2) is 9.57. The van der Waals surface area contributed by atoms with Crippen molar-refractivity contribution in [3.05, 3.63) is 77.3 Å². The van der Waals surface area contributed by atoms with Gasteiger partial charge in [-0.2, -0.15) is 0 Å². The van der Waals surface area contributed by atoms with Gasteiger partial charge in [0.05, 0.1) is 15.6 Å². The number of halogens is 1. The molecule has 0 aliphatic rings. The van der Waals surface area contributed by atoms with Gasteiger partial charge in [0, 0.05) is 19.2 Å². The normalized spacial score (nSPS) is 11.4. The van der Waals surface area contributed by atoms with Crippen molar-refractivity contribution in [3.8, 4) is 0 Å². The van der Waals surface area contributed by atoms with Gasteiger partial charge in [-0.3, -0.25) is 9.52 Å². The van der Waals surface area contributed by atoms with E-state index in [2.05, 4.69) is 11.3 Å². The van der Waals surface area contributed by atoms with Crippen molar-refractivity contribution in [2.45, 2.75) is 18.7 Å². The van der Waals surface area contributed by atoms with Crippen LogP contribution in [0, 0.1) is 0 Å². The van der Waals surface area contributed by atoms with Crippen molar-refractivity contribution in [1.29, 1.82) is 0 Å². The maximum absolute atomic E-state index is 12.5. The third-order valence-electron chi connectivity index (χ3n) is 3.88. The van der Waals surface area contributed by atoms with Crippen LogP contribution < -0.4 is 4.72 Å². The lowest BCUT2D eigenvalue weighted by molar-refractivity contribution is -0.125. The fourth-order valence-electron chi connectivity index (χ4n) is 2.45. The Kier molecular flexibility index (Phi) is 7.43. The number of para-hydroxylation sites is 1. The molecule has 0 saturated heterocycles. The summed E-state index contributed by atoms with van der Waals surface area (Å²) in [6.45, 7) is 8.68. The largest absolute Gasteiger partial charge is 0.335 e. The first-order valence-electron chi connectivity index (χ1n) is 8.71. The molecule has 2 aromatic carbocycles. The molecule has 0 unspecified atom stereocenters. The lowest BCUT2D eigenvalue weighted by Crippen LogP contribution is -2.30. The smallest absolute Gasteiger partial charge is 0.261 e. The van der Waals surface area contributed by atoms with Gasteiger partial charge < -0.3 is 4.90 Å². The molecular weight excluding hydrogens is 396 g/mol. The van der Waals surface area contributed by atoms with Crippen LogP contribution in [0.1, 0.15) is 19.4 Å². The van der Waals surface area contributed by atoms with E-state index < -0.39 is 10.0 Å². The van der Waals surface area contributed by atoms with Crippen molar-refractivity contribution in [3.63, 3.8) is 0 Å². The van der Waals surface area contributed by atoms with Crippen LogP contribution in [0.3, 0.4) is 0 Å². The van der Waals surface area contributed by atoms with E-state index in [1.165, 1.54) is 18.2 Å². The number of benzene rings is 2. The van der Waals surface area contributed by atoms with Gasteiger partial charge in [0.25, 0.3) is 10.0 Å². The zero-order valence-electron chi connectivity index (χ0n) is 15.9. The highest BCUT2D eigenvalue weighted by Gasteiger charge is 2.15. The first-order chi connectivity index (χ1) is 13.2. The Morgan fingerprint density at radius 3 is 2.39 bits per heavy atom. The van der Waals surface area contributed by atoms with Crippen LogP contribution in [0.2, 0.25) is 5.02 Å². The van der Waals surface area contributed by atoms with Crippen molar-refractivity contribution in [2.75, 3.05) is 17.8 Å². The fraction of sp³-hybridized carbons (Fsp3) is 0.190. The maximum atomic E-state index is 12.5. The number of amides is 1. The summed E-state index contributed by atoms with van der Waals surface area (Å²) in [7, 11) is -3.76. The molecule has 2 aromatic rings. The van der Waals surface area contributed by atoms with Gasteiger partial charge in [0.1, 0.15) is 0 Å². The van der Waals surface area contributed by atoms with Crippen LogP contribution in [-0.4, -0.2) is 32.3 Å². The van der Waals surface area contributed by atoms with E-state index in [1.54, 1.807) is 47.4 Å². The Morgan fingerprint density at radius 2 is 1.82 bits per heavy atom. The first kappa shape index (κ1) is 21.7. The molecule has 2 rings (SSSR count). The third-order valence-corrected chi connectivity index (χ3v) is 5.59. The number of carbonyl (C=O) groups excluding carboxylic acids is 1. The SMILES string of the molecule is C=C(C)CN(CC)C(=O)C=Cc1ccc(S(=O)(=O)Nc2ccccc2Cl)cc1. The molecule has 0 fully saturated rings. The minimum atomic E-state index is -3.76. The molecule has 0 heterocycles. The minimum Gasteiger partial charge on any atom is -0.335 e. The van der Waals surface area contributed by atoms with Gasteiger partial charge >= 0.3 is 0 Å². The van der Waals surface area contributed by atoms with Crippen LogP contribution in [0.15, 0.2) is 71.7 Å². The Hall–Kier alpha value is -2.57. The van der Waals surface area contributed by atoms with Crippen LogP contribution in [0.4, 0.5) is 5.69 Å². The summed E-state index contributed by atoms with van der Waals surface area (Å²) in [6, 6.07) is 12.9. The molecule has 5 nitrogen and oxygen atoms in total. The quantitative estimate of drug-likeness (QED) is 0.504. The average molecular weight is 419 g/mol. The molecule has 0 atom stereocenters. The molecule has 7 heteroatoms. The van der Waals surface area contributed by atoms with Gasteiger partial charge in [-0.25, -0.2) is 8.42 Å². The minimum absolute atomic E-state index is 0.105. The Balaban J connectivity index is 2.11. The Labute approximate surface area is 171 Å². The van der Waals surface area contributed by atoms with Crippen molar-refractivity contribution in [2.24, 2.45) is 0 Å². The monoisotopic (exact) mass is 418 g/mol. The summed E-state index contributed by atoms with van der Waals surface area (Å²) in [5, 5.41) is 0.319. The zero-order chi connectivity index (χ0) is 20.7. The molecular formula is C21H23ClN2O3S. The highest BCUT2D eigenvalue weighted by Crippen LogP contribution is 2.24. The van der Waals surface area contributed by atoms with Crippen LogP contribution in [-0.2, 0) is 14.8 Å². The lowest BCUT2D eigenvalue weighted by atomic mass is 10.2. The number of hydrogen-bond donors (Lipinski definition) is 1. The number of rotatable bonds is 8. The average Bonchev–Trinajstić information content (AvgIpc) is 2.66. The molecule has 0 radical (unpaired) electrons. The summed E-state index contributed by atoms with van der Waals surface area (Å²) in [6.07, 6.45) is 3.12. The van der Waals surface area contributed by atoms with Crippen molar-refractivity contribution < 1.29 is 13.2 Å². The Morgan fingerprint density at radius 1 is 1.18 bits per heavy atom. The second-order valence-electron chi connectivity index (χ2n) is 6.30. The van der Waals surface area contributed by atoms with E-state index in [-0.39, 0.29) is 10.8 Å². The zero-order valence-corrected chi connectivity index (χ0v) is 17.4. The van der Waals surface area contributed by atoms with Gasteiger partial charge in [0.15, 0.2) is 0 Å². The summed E-state index contributed by atoms with van der Waals surface area (Å²) >= 11 is 6.01. The highest BCUT2D eigenvalue weighted by atomic mass is 35.5. The van der Waals surface area contributed by atoms with Crippen molar-refractivity contribution in [1.82, 2.24) is 4.90 Å². The number of anilines is 1. The maximum Gasteiger partial charge on any atom is 0.261 e. The van der Waals surface area contributed by atoms with E-state index in [0.717, 1.165) is 11.1 Å². The number of nitrogens with one attached hydrogen (secondary N) is 1. The van der Waals surface area contributed by atoms with Crippen LogP contribution in [0.5, 0.6) is 0 Å². The van der Waals surface area contributed by atoms with Crippen molar-refractivity contribution >= 4 is 39.3 Å². The van der Waals surface area contributed by atoms with Gasteiger partial charge in [0.2, 0.25) is 5.91 Å². The summed E-state index contributed by atoms with van der Waals surface area (Å²) in [5.74, 6) is -0.123. The number of hydrogen-bond acceptors (Lipinski definition) is 3. The molecule has 28 heavy (non-hydrogen) atoms. The predicted octanol–water partition coefficient (Wildman–Crippen LogP) is 4.58. The molecule has 1 N–H and O–H groups in total. The summed E-state index contributed by atoms with van der Waals surface area (Å²) in [4.78, 5) is 14.0. The molecule has 1 amide bonds. The summed E-state index contributed by atoms with van der Waals surface area (Å²) < 4.78 is 27.5. The molecule has 0 bridgehead atoms. The molecule has 0 saturated carbocycles. The molecule has 0 aromatic heterocycles. The predicted molar refractivity (Wildman–Crippen MR) is 115 cm³/mol. The third kappa shape index (κ3) is 5.97. The topological polar surface area (TPSA) is 66.5 Å². The second-order valence-corrected chi connectivity index (χ2v) is 8.39. The van der Waals surface area contributed by atoms with Gasteiger partial charge in [-0.1, -0.05) is 48.0 Å². The number of nitrogens with zero attached hydrogens (tertiary/aromatic N) is 1. The summed E-state index contributed by atoms with van der Waals surface area (Å²) in [5.41, 5.74) is 1.94. The van der Waals surface area contributed by atoms with E-state index in [1.807, 2.05) is 13.8 Å². The van der Waals surface area contributed by atoms with Crippen LogP contribution >= 0.6 is 11.6 Å². The molecule has 148 valence electrons. The van der Waals surface area contributed by atoms with Crippen LogP contribution in [0.25, 0.3) is 6.08 Å². The molecule has 0 aliphatic carbocycles. The fourth-order valence-corrected chi connectivity index (χ4v) is 3.77. The highest BCUT2D eigenvalue weighted by molar-refractivity contribution is 7.92. The van der Waals surface area contributed by atoms with E-state index in [9.17, 15) is 13.2 Å². The number of likely N-dealkylation sites (N-methyl/N-ethyl adjacent to an activating group) is 1. The van der Waals surface area contributed by atoms with E-state index in [0.29, 0.717) is 23.8 Å². The van der Waals surface area contributed by atoms with E-state index >= 15 is 0 Å². The molecule has 0 aliphatic heterocycles. The molecule has 0 spiro atoms. The number of carbonyl (C=O) groups is 1. The Bertz CT molecular complexity index is 983. The lowest BCUT2D eigenvalue weighted by Gasteiger charge is -2.18. The first-order valence-corrected chi connectivity index (χ1v) is 10.6. The standard InChI is InChI=1S/C21H23ClN2O3S/c1-4-24(15-16(2)3)21(25)14-11-17-9-12-18(13-10-17)28(26,27)23-20-8-6-5-7-19(20)22/h5-14,23H,2,4,15H2,1,3H3. The number of sulfonamides is 1. The van der Waals surface area contributed by atoms with Gasteiger partial charge in [-0.15, -0.1) is 0 Å². The van der Waals surface area contributed by atoms with E-state index in [4.69, 9.17) is 11.6 Å². The van der Waals surface area contributed by atoms with Gasteiger partial charge in [-0.05, 0) is 49.8 Å².